The highest BCUT2D eigenvalue weighted by Crippen LogP contribution is 2.43. The van der Waals surface area contributed by atoms with E-state index in [1.807, 2.05) is 7.11 Å². The molecule has 0 aliphatic heterocycles. The molecule has 2 fully saturated rings. The molecule has 2 heteroatoms. The molecule has 19 heavy (non-hydrogen) atoms. The molecule has 0 amide bonds. The third-order valence-corrected chi connectivity index (χ3v) is 5.49. The molecule has 0 aromatic rings. The van der Waals surface area contributed by atoms with Crippen molar-refractivity contribution in [1.29, 1.82) is 0 Å². The van der Waals surface area contributed by atoms with Crippen LogP contribution in [0.3, 0.4) is 0 Å². The van der Waals surface area contributed by atoms with Crippen molar-refractivity contribution in [3.05, 3.63) is 0 Å². The van der Waals surface area contributed by atoms with Crippen molar-refractivity contribution in [3.8, 4) is 0 Å². The van der Waals surface area contributed by atoms with Gasteiger partial charge in [-0.05, 0) is 37.5 Å². The van der Waals surface area contributed by atoms with Gasteiger partial charge in [0, 0.05) is 24.6 Å². The maximum Gasteiger partial charge on any atom is 0.0652 e. The van der Waals surface area contributed by atoms with E-state index in [1.54, 1.807) is 0 Å². The van der Waals surface area contributed by atoms with Gasteiger partial charge in [-0.25, -0.2) is 0 Å². The average molecular weight is 267 g/mol. The van der Waals surface area contributed by atoms with Crippen LogP contribution in [0.2, 0.25) is 0 Å². The molecule has 0 saturated heterocycles. The summed E-state index contributed by atoms with van der Waals surface area (Å²) in [5.41, 5.74) is 0.305. The summed E-state index contributed by atoms with van der Waals surface area (Å²) in [6.45, 7) is 9.40. The van der Waals surface area contributed by atoms with E-state index >= 15 is 0 Å². The summed E-state index contributed by atoms with van der Waals surface area (Å²) < 4.78 is 5.55. The molecule has 0 bridgehead atoms. The highest BCUT2D eigenvalue weighted by molar-refractivity contribution is 5.03. The van der Waals surface area contributed by atoms with E-state index in [0.717, 1.165) is 17.9 Å². The van der Waals surface area contributed by atoms with Crippen LogP contribution < -0.4 is 5.32 Å². The maximum atomic E-state index is 5.55. The van der Waals surface area contributed by atoms with Crippen molar-refractivity contribution in [3.63, 3.8) is 0 Å². The molecule has 0 radical (unpaired) electrons. The third kappa shape index (κ3) is 3.52. The van der Waals surface area contributed by atoms with Crippen LogP contribution in [0.1, 0.15) is 66.2 Å². The lowest BCUT2D eigenvalue weighted by atomic mass is 9.64. The molecule has 1 N–H and O–H groups in total. The van der Waals surface area contributed by atoms with Gasteiger partial charge in [-0.1, -0.05) is 40.5 Å². The van der Waals surface area contributed by atoms with E-state index in [0.29, 0.717) is 17.6 Å². The van der Waals surface area contributed by atoms with Gasteiger partial charge >= 0.3 is 0 Å². The topological polar surface area (TPSA) is 21.3 Å². The predicted molar refractivity (Wildman–Crippen MR) is 81.3 cm³/mol. The lowest BCUT2D eigenvalue weighted by molar-refractivity contribution is -0.102. The molecule has 2 nitrogen and oxygen atoms in total. The van der Waals surface area contributed by atoms with Crippen LogP contribution in [0.15, 0.2) is 0 Å². The summed E-state index contributed by atoms with van der Waals surface area (Å²) in [6, 6.07) is 1.40. The lowest BCUT2D eigenvalue weighted by Crippen LogP contribution is -2.62. The zero-order valence-corrected chi connectivity index (χ0v) is 13.5. The van der Waals surface area contributed by atoms with Crippen molar-refractivity contribution in [2.24, 2.45) is 17.3 Å². The molecular formula is C17H33NO. The Labute approximate surface area is 119 Å². The van der Waals surface area contributed by atoms with E-state index in [2.05, 4.69) is 33.0 Å². The fraction of sp³-hybridized carbons (Fsp3) is 1.00. The molecule has 2 saturated carbocycles. The number of ether oxygens (including phenoxy) is 1. The van der Waals surface area contributed by atoms with Gasteiger partial charge in [0.15, 0.2) is 0 Å². The Hall–Kier alpha value is -0.0800. The van der Waals surface area contributed by atoms with Gasteiger partial charge in [-0.15, -0.1) is 0 Å². The van der Waals surface area contributed by atoms with E-state index in [-0.39, 0.29) is 0 Å². The summed E-state index contributed by atoms with van der Waals surface area (Å²) in [4.78, 5) is 0. The minimum Gasteiger partial charge on any atom is -0.381 e. The second-order valence-corrected chi connectivity index (χ2v) is 7.86. The molecule has 0 heterocycles. The van der Waals surface area contributed by atoms with Gasteiger partial charge in [0.25, 0.3) is 0 Å². The van der Waals surface area contributed by atoms with Crippen LogP contribution in [0.5, 0.6) is 0 Å². The molecule has 2 aliphatic rings. The number of hydrogen-bond acceptors (Lipinski definition) is 2. The molecule has 2 rings (SSSR count). The lowest BCUT2D eigenvalue weighted by Gasteiger charge is -2.53. The maximum absolute atomic E-state index is 5.55. The minimum absolute atomic E-state index is 0.305. The van der Waals surface area contributed by atoms with Crippen molar-refractivity contribution < 1.29 is 4.74 Å². The fourth-order valence-corrected chi connectivity index (χ4v) is 4.18. The Morgan fingerprint density at radius 2 is 1.95 bits per heavy atom. The Balaban J connectivity index is 1.80. The van der Waals surface area contributed by atoms with Crippen molar-refractivity contribution in [2.75, 3.05) is 7.11 Å². The molecule has 4 unspecified atom stereocenters. The first-order valence-corrected chi connectivity index (χ1v) is 8.22. The zero-order valence-electron chi connectivity index (χ0n) is 13.5. The molecule has 4 atom stereocenters. The quantitative estimate of drug-likeness (QED) is 0.813. The summed E-state index contributed by atoms with van der Waals surface area (Å²) in [5.74, 6) is 1.80. The van der Waals surface area contributed by atoms with Crippen LogP contribution >= 0.6 is 0 Å². The van der Waals surface area contributed by atoms with Gasteiger partial charge in [-0.2, -0.15) is 0 Å². The summed E-state index contributed by atoms with van der Waals surface area (Å²) in [5, 5.41) is 3.93. The first-order chi connectivity index (χ1) is 8.93. The number of nitrogens with one attached hydrogen (secondary N) is 1. The molecule has 0 aromatic heterocycles. The van der Waals surface area contributed by atoms with Crippen LogP contribution in [0.25, 0.3) is 0 Å². The zero-order chi connectivity index (χ0) is 14.0. The van der Waals surface area contributed by atoms with Crippen LogP contribution in [-0.2, 0) is 4.74 Å². The first-order valence-electron chi connectivity index (χ1n) is 8.22. The molecular weight excluding hydrogens is 234 g/mol. The molecule has 2 aliphatic carbocycles. The first kappa shape index (κ1) is 15.3. The number of rotatable bonds is 5. The SMILES string of the molecule is COC1CC(NC2CCCC(CC(C)C)C2)C1(C)C. The standard InChI is InChI=1S/C17H33NO/c1-12(2)9-13-7-6-8-14(10-13)18-15-11-16(19-5)17(15,3)4/h12-16,18H,6-11H2,1-5H3. The molecule has 0 spiro atoms. The Bertz CT molecular complexity index is 287. The minimum atomic E-state index is 0.305. The van der Waals surface area contributed by atoms with E-state index in [1.165, 1.54) is 38.5 Å². The highest BCUT2D eigenvalue weighted by Gasteiger charge is 2.49. The van der Waals surface area contributed by atoms with Crippen molar-refractivity contribution in [1.82, 2.24) is 5.32 Å². The fourth-order valence-electron chi connectivity index (χ4n) is 4.18. The van der Waals surface area contributed by atoms with Crippen molar-refractivity contribution in [2.45, 2.75) is 84.4 Å². The Morgan fingerprint density at radius 1 is 1.21 bits per heavy atom. The van der Waals surface area contributed by atoms with Gasteiger partial charge < -0.3 is 10.1 Å². The largest absolute Gasteiger partial charge is 0.381 e. The van der Waals surface area contributed by atoms with E-state index < -0.39 is 0 Å². The monoisotopic (exact) mass is 267 g/mol. The summed E-state index contributed by atoms with van der Waals surface area (Å²) >= 11 is 0. The number of methoxy groups -OCH3 is 1. The van der Waals surface area contributed by atoms with Gasteiger partial charge in [0.1, 0.15) is 0 Å². The third-order valence-electron chi connectivity index (χ3n) is 5.49. The summed E-state index contributed by atoms with van der Waals surface area (Å²) in [6.07, 6.45) is 8.67. The normalized spacial score (nSPS) is 38.2. The predicted octanol–water partition coefficient (Wildman–Crippen LogP) is 3.99. The number of hydrogen-bond donors (Lipinski definition) is 1. The summed E-state index contributed by atoms with van der Waals surface area (Å²) in [7, 11) is 1.85. The van der Waals surface area contributed by atoms with Crippen LogP contribution in [-0.4, -0.2) is 25.3 Å². The highest BCUT2D eigenvalue weighted by atomic mass is 16.5. The van der Waals surface area contributed by atoms with Gasteiger partial charge in [0.05, 0.1) is 6.10 Å². The smallest absolute Gasteiger partial charge is 0.0652 e. The van der Waals surface area contributed by atoms with Gasteiger partial charge in [-0.3, -0.25) is 0 Å². The second-order valence-electron chi connectivity index (χ2n) is 7.86. The van der Waals surface area contributed by atoms with Crippen LogP contribution in [0, 0.1) is 17.3 Å². The van der Waals surface area contributed by atoms with E-state index in [9.17, 15) is 0 Å². The molecule has 112 valence electrons. The van der Waals surface area contributed by atoms with Crippen LogP contribution in [0.4, 0.5) is 0 Å². The second kappa shape index (κ2) is 6.13. The Morgan fingerprint density at radius 3 is 2.53 bits per heavy atom. The van der Waals surface area contributed by atoms with Crippen molar-refractivity contribution >= 4 is 0 Å². The van der Waals surface area contributed by atoms with E-state index in [4.69, 9.17) is 4.74 Å². The average Bonchev–Trinajstić information content (AvgIpc) is 2.33. The van der Waals surface area contributed by atoms with Gasteiger partial charge in [0.2, 0.25) is 0 Å². The molecule has 0 aromatic carbocycles. The Kier molecular flexibility index (Phi) is 4.94.